The molecule has 2 atom stereocenters. The van der Waals surface area contributed by atoms with Crippen molar-refractivity contribution in [1.82, 2.24) is 10.6 Å². The molecule has 0 aromatic heterocycles. The van der Waals surface area contributed by atoms with Gasteiger partial charge >= 0.3 is 0 Å². The fourth-order valence-corrected chi connectivity index (χ4v) is 4.17. The van der Waals surface area contributed by atoms with Crippen molar-refractivity contribution in [3.63, 3.8) is 0 Å². The largest absolute Gasteiger partial charge is 0.739 e. The van der Waals surface area contributed by atoms with Crippen molar-refractivity contribution in [3.8, 4) is 0 Å². The van der Waals surface area contributed by atoms with E-state index >= 15 is 0 Å². The van der Waals surface area contributed by atoms with Gasteiger partial charge in [0.25, 0.3) is 0 Å². The van der Waals surface area contributed by atoms with Gasteiger partial charge in [0.1, 0.15) is 0 Å². The maximum Gasteiger partial charge on any atom is 0.0533 e. The molecule has 144 valence electrons. The summed E-state index contributed by atoms with van der Waals surface area (Å²) in [6.07, 6.45) is 4.89. The molecule has 2 aromatic carbocycles. The van der Waals surface area contributed by atoms with Crippen molar-refractivity contribution in [2.45, 2.75) is 37.5 Å². The number of hydrazine groups is 1. The highest BCUT2D eigenvalue weighted by Gasteiger charge is 2.16. The van der Waals surface area contributed by atoms with Crippen LogP contribution in [0, 0.1) is 5.21 Å². The second-order valence-electron chi connectivity index (χ2n) is 7.71. The maximum absolute atomic E-state index is 12.5. The van der Waals surface area contributed by atoms with Crippen LogP contribution in [0.25, 0.3) is 0 Å². The van der Waals surface area contributed by atoms with Crippen LogP contribution in [0.1, 0.15) is 48.6 Å². The highest BCUT2D eigenvalue weighted by molar-refractivity contribution is 5.57. The molecular weight excluding hydrogens is 336 g/mol. The lowest BCUT2D eigenvalue weighted by Gasteiger charge is -2.32. The highest BCUT2D eigenvalue weighted by atomic mass is 16.5. The normalized spacial score (nSPS) is 23.0. The van der Waals surface area contributed by atoms with Gasteiger partial charge in [0, 0.05) is 18.8 Å². The standard InChI is InChI=1S/C22H29N4O/c27-26(22-11-7-18(8-12-22)20-4-2-14-24-16-20)25-21-9-5-17(6-10-21)19-3-1-13-23-15-19/h5-12,19-20,23-25H,1-4,13-16H2/q-1. The van der Waals surface area contributed by atoms with Crippen molar-refractivity contribution in [1.29, 1.82) is 0 Å². The summed E-state index contributed by atoms with van der Waals surface area (Å²) in [5, 5.41) is 20.2. The third-order valence-corrected chi connectivity index (χ3v) is 5.81. The zero-order valence-electron chi connectivity index (χ0n) is 15.8. The molecule has 0 amide bonds. The average Bonchev–Trinajstić information content (AvgIpc) is 2.76. The number of anilines is 2. The first-order chi connectivity index (χ1) is 13.3. The molecule has 2 aliphatic rings. The Morgan fingerprint density at radius 3 is 1.78 bits per heavy atom. The fraction of sp³-hybridized carbons (Fsp3) is 0.455. The van der Waals surface area contributed by atoms with E-state index in [2.05, 4.69) is 40.3 Å². The first kappa shape index (κ1) is 18.3. The van der Waals surface area contributed by atoms with Gasteiger partial charge < -0.3 is 26.4 Å². The Morgan fingerprint density at radius 1 is 0.778 bits per heavy atom. The predicted octanol–water partition coefficient (Wildman–Crippen LogP) is 3.95. The quantitative estimate of drug-likeness (QED) is 0.700. The van der Waals surface area contributed by atoms with Crippen molar-refractivity contribution >= 4 is 11.4 Å². The van der Waals surface area contributed by atoms with E-state index in [0.29, 0.717) is 17.5 Å². The second-order valence-corrected chi connectivity index (χ2v) is 7.71. The summed E-state index contributed by atoms with van der Waals surface area (Å²) in [6.45, 7) is 4.31. The zero-order chi connectivity index (χ0) is 18.5. The summed E-state index contributed by atoms with van der Waals surface area (Å²) in [5.41, 5.74) is 7.04. The van der Waals surface area contributed by atoms with Crippen molar-refractivity contribution in [2.24, 2.45) is 0 Å². The fourth-order valence-electron chi connectivity index (χ4n) is 4.17. The second kappa shape index (κ2) is 8.74. The lowest BCUT2D eigenvalue weighted by molar-refractivity contribution is 0.461. The topological polar surface area (TPSA) is 62.4 Å². The van der Waals surface area contributed by atoms with Gasteiger partial charge in [-0.25, -0.2) is 0 Å². The van der Waals surface area contributed by atoms with Gasteiger partial charge in [-0.05, 0) is 86.0 Å². The molecular formula is C22H29N4O-. The minimum atomic E-state index is 0.558. The minimum absolute atomic E-state index is 0.558. The number of rotatable bonds is 5. The molecule has 0 bridgehead atoms. The molecule has 5 nitrogen and oxygen atoms in total. The van der Waals surface area contributed by atoms with Gasteiger partial charge in [-0.2, -0.15) is 0 Å². The zero-order valence-corrected chi connectivity index (χ0v) is 15.8. The summed E-state index contributed by atoms with van der Waals surface area (Å²) >= 11 is 0. The van der Waals surface area contributed by atoms with Crippen LogP contribution in [0.15, 0.2) is 48.5 Å². The molecule has 2 aromatic rings. The Kier molecular flexibility index (Phi) is 5.92. The summed E-state index contributed by atoms with van der Waals surface area (Å²) in [4.78, 5) is 0. The summed E-state index contributed by atoms with van der Waals surface area (Å²) in [6, 6.07) is 16.2. The number of piperidine rings is 2. The third-order valence-electron chi connectivity index (χ3n) is 5.81. The Hall–Kier alpha value is -2.08. The first-order valence-electron chi connectivity index (χ1n) is 10.1. The first-order valence-corrected chi connectivity index (χ1v) is 10.1. The van der Waals surface area contributed by atoms with E-state index in [1.807, 2.05) is 24.3 Å². The molecule has 0 aliphatic carbocycles. The molecule has 0 saturated carbocycles. The van der Waals surface area contributed by atoms with Gasteiger partial charge in [0.2, 0.25) is 0 Å². The molecule has 0 spiro atoms. The van der Waals surface area contributed by atoms with Crippen molar-refractivity contribution in [2.75, 3.05) is 36.8 Å². The Balaban J connectivity index is 1.36. The number of nitrogens with zero attached hydrogens (tertiary/aromatic N) is 1. The van der Waals surface area contributed by atoms with Gasteiger partial charge in [0.05, 0.1) is 5.69 Å². The molecule has 2 fully saturated rings. The van der Waals surface area contributed by atoms with Gasteiger partial charge in [-0.15, -0.1) is 0 Å². The molecule has 3 N–H and O–H groups in total. The molecule has 2 heterocycles. The lowest BCUT2D eigenvalue weighted by Crippen LogP contribution is -2.28. The SMILES string of the molecule is [O-]N(Nc1ccc(C2CCCNC2)cc1)c1ccc(C2CCCNC2)cc1. The van der Waals surface area contributed by atoms with E-state index in [0.717, 1.165) is 37.0 Å². The number of hydrogen-bond donors (Lipinski definition) is 3. The van der Waals surface area contributed by atoms with Crippen molar-refractivity contribution in [3.05, 3.63) is 64.9 Å². The van der Waals surface area contributed by atoms with Crippen LogP contribution in [-0.2, 0) is 0 Å². The van der Waals surface area contributed by atoms with Crippen LogP contribution in [0.5, 0.6) is 0 Å². The van der Waals surface area contributed by atoms with E-state index in [-0.39, 0.29) is 0 Å². The monoisotopic (exact) mass is 365 g/mol. The molecule has 2 aliphatic heterocycles. The van der Waals surface area contributed by atoms with Crippen LogP contribution in [0.4, 0.5) is 11.4 Å². The highest BCUT2D eigenvalue weighted by Crippen LogP contribution is 2.27. The molecule has 2 unspecified atom stereocenters. The average molecular weight is 366 g/mol. The van der Waals surface area contributed by atoms with E-state index < -0.39 is 0 Å². The van der Waals surface area contributed by atoms with Gasteiger partial charge in [0.15, 0.2) is 0 Å². The van der Waals surface area contributed by atoms with Crippen molar-refractivity contribution < 1.29 is 0 Å². The Morgan fingerprint density at radius 2 is 1.30 bits per heavy atom. The van der Waals surface area contributed by atoms with E-state index in [9.17, 15) is 5.21 Å². The van der Waals surface area contributed by atoms with Crippen LogP contribution in [0.3, 0.4) is 0 Å². The summed E-state index contributed by atoms with van der Waals surface area (Å²) < 4.78 is 0. The summed E-state index contributed by atoms with van der Waals surface area (Å²) in [5.74, 6) is 1.14. The molecule has 0 radical (unpaired) electrons. The van der Waals surface area contributed by atoms with E-state index in [4.69, 9.17) is 0 Å². The van der Waals surface area contributed by atoms with E-state index in [1.54, 1.807) is 0 Å². The molecule has 2 saturated heterocycles. The minimum Gasteiger partial charge on any atom is -0.739 e. The number of benzene rings is 2. The summed E-state index contributed by atoms with van der Waals surface area (Å²) in [7, 11) is 0. The lowest BCUT2D eigenvalue weighted by atomic mass is 9.91. The maximum atomic E-state index is 12.5. The van der Waals surface area contributed by atoms with Gasteiger partial charge in [-0.1, -0.05) is 24.3 Å². The molecule has 4 rings (SSSR count). The Labute approximate surface area is 161 Å². The smallest absolute Gasteiger partial charge is 0.0533 e. The van der Waals surface area contributed by atoms with Gasteiger partial charge in [-0.3, -0.25) is 0 Å². The Bertz CT molecular complexity index is 704. The third kappa shape index (κ3) is 4.61. The van der Waals surface area contributed by atoms with Crippen LogP contribution < -0.4 is 21.2 Å². The number of hydrogen-bond acceptors (Lipinski definition) is 5. The van der Waals surface area contributed by atoms with E-state index in [1.165, 1.54) is 36.8 Å². The number of nitrogens with one attached hydrogen (secondary N) is 3. The predicted molar refractivity (Wildman–Crippen MR) is 112 cm³/mol. The molecule has 5 heteroatoms. The van der Waals surface area contributed by atoms with Crippen LogP contribution >= 0.6 is 0 Å². The van der Waals surface area contributed by atoms with Crippen LogP contribution in [0.2, 0.25) is 0 Å². The molecule has 27 heavy (non-hydrogen) atoms. The van der Waals surface area contributed by atoms with Crippen LogP contribution in [-0.4, -0.2) is 26.2 Å².